The second-order valence-electron chi connectivity index (χ2n) is 4.91. The van der Waals surface area contributed by atoms with E-state index in [2.05, 4.69) is 39.7 Å². The quantitative estimate of drug-likeness (QED) is 0.847. The van der Waals surface area contributed by atoms with Gasteiger partial charge < -0.3 is 10.6 Å². The molecule has 106 valence electrons. The van der Waals surface area contributed by atoms with Gasteiger partial charge >= 0.3 is 0 Å². The first-order valence-corrected chi connectivity index (χ1v) is 6.59. The Morgan fingerprint density at radius 1 is 1.20 bits per heavy atom. The predicted molar refractivity (Wildman–Crippen MR) is 77.5 cm³/mol. The third kappa shape index (κ3) is 4.46. The highest BCUT2D eigenvalue weighted by atomic mass is 19.1. The highest BCUT2D eigenvalue weighted by Gasteiger charge is 2.02. The van der Waals surface area contributed by atoms with Crippen molar-refractivity contribution in [2.24, 2.45) is 5.92 Å². The molecule has 0 saturated heterocycles. The predicted octanol–water partition coefficient (Wildman–Crippen LogP) is 3.21. The number of halogens is 1. The molecule has 0 amide bonds. The lowest BCUT2D eigenvalue weighted by Gasteiger charge is -2.08. The zero-order valence-electron chi connectivity index (χ0n) is 11.6. The van der Waals surface area contributed by atoms with Crippen molar-refractivity contribution in [1.29, 1.82) is 0 Å². The minimum Gasteiger partial charge on any atom is -0.369 e. The van der Waals surface area contributed by atoms with Gasteiger partial charge in [0, 0.05) is 12.2 Å². The van der Waals surface area contributed by atoms with Crippen LogP contribution >= 0.6 is 0 Å². The summed E-state index contributed by atoms with van der Waals surface area (Å²) in [5.74, 6) is 1.41. The summed E-state index contributed by atoms with van der Waals surface area (Å²) in [6, 6.07) is 6.00. The van der Waals surface area contributed by atoms with Crippen LogP contribution in [0.2, 0.25) is 0 Å². The summed E-state index contributed by atoms with van der Waals surface area (Å²) in [5.41, 5.74) is 0.715. The van der Waals surface area contributed by atoms with Crippen LogP contribution in [-0.4, -0.2) is 21.7 Å². The lowest BCUT2D eigenvalue weighted by Crippen LogP contribution is -2.08. The molecule has 0 spiro atoms. The molecule has 0 aliphatic carbocycles. The lowest BCUT2D eigenvalue weighted by molar-refractivity contribution is 0.606. The lowest BCUT2D eigenvalue weighted by atomic mass is 10.1. The average molecular weight is 275 g/mol. The van der Waals surface area contributed by atoms with Gasteiger partial charge in [0.2, 0.25) is 5.95 Å². The minimum absolute atomic E-state index is 0.279. The number of hydrogen-bond acceptors (Lipinski definition) is 5. The Labute approximate surface area is 117 Å². The minimum atomic E-state index is -0.279. The Kier molecular flexibility index (Phi) is 4.81. The normalized spacial score (nSPS) is 10.6. The summed E-state index contributed by atoms with van der Waals surface area (Å²) in [4.78, 5) is 4.30. The van der Waals surface area contributed by atoms with Crippen LogP contribution in [0.25, 0.3) is 0 Å². The molecule has 2 rings (SSSR count). The Morgan fingerprint density at radius 3 is 2.65 bits per heavy atom. The summed E-state index contributed by atoms with van der Waals surface area (Å²) >= 11 is 0. The van der Waals surface area contributed by atoms with Crippen molar-refractivity contribution < 1.29 is 4.39 Å². The monoisotopic (exact) mass is 275 g/mol. The van der Waals surface area contributed by atoms with Gasteiger partial charge in [-0.25, -0.2) is 4.39 Å². The maximum atomic E-state index is 12.8. The van der Waals surface area contributed by atoms with E-state index in [-0.39, 0.29) is 5.82 Å². The van der Waals surface area contributed by atoms with Crippen LogP contribution in [0.5, 0.6) is 0 Å². The molecule has 0 aliphatic rings. The second kappa shape index (κ2) is 6.79. The molecular weight excluding hydrogens is 257 g/mol. The fourth-order valence-electron chi connectivity index (χ4n) is 1.59. The van der Waals surface area contributed by atoms with Gasteiger partial charge in [-0.15, -0.1) is 5.10 Å². The summed E-state index contributed by atoms with van der Waals surface area (Å²) in [7, 11) is 0. The summed E-state index contributed by atoms with van der Waals surface area (Å²) in [6.45, 7) is 5.18. The summed E-state index contributed by atoms with van der Waals surface area (Å²) in [6.07, 6.45) is 2.64. The van der Waals surface area contributed by atoms with Gasteiger partial charge in [0.1, 0.15) is 5.82 Å². The molecule has 1 aromatic heterocycles. The van der Waals surface area contributed by atoms with Crippen molar-refractivity contribution in [2.45, 2.75) is 20.3 Å². The van der Waals surface area contributed by atoms with Crippen LogP contribution in [0, 0.1) is 11.7 Å². The van der Waals surface area contributed by atoms with Gasteiger partial charge in [-0.05, 0) is 36.6 Å². The molecule has 0 aliphatic heterocycles. The van der Waals surface area contributed by atoms with Gasteiger partial charge in [0.05, 0.1) is 6.20 Å². The van der Waals surface area contributed by atoms with E-state index in [9.17, 15) is 4.39 Å². The van der Waals surface area contributed by atoms with Crippen molar-refractivity contribution in [3.05, 3.63) is 36.3 Å². The van der Waals surface area contributed by atoms with Gasteiger partial charge in [0.25, 0.3) is 0 Å². The van der Waals surface area contributed by atoms with Crippen LogP contribution in [-0.2, 0) is 0 Å². The number of hydrogen-bond donors (Lipinski definition) is 2. The van der Waals surface area contributed by atoms with E-state index >= 15 is 0 Å². The first kappa shape index (κ1) is 14.2. The first-order chi connectivity index (χ1) is 9.63. The zero-order valence-corrected chi connectivity index (χ0v) is 11.6. The number of benzene rings is 1. The molecule has 5 nitrogen and oxygen atoms in total. The van der Waals surface area contributed by atoms with E-state index < -0.39 is 0 Å². The summed E-state index contributed by atoms with van der Waals surface area (Å²) < 4.78 is 12.8. The highest BCUT2D eigenvalue weighted by molar-refractivity contribution is 5.53. The molecule has 20 heavy (non-hydrogen) atoms. The van der Waals surface area contributed by atoms with Crippen LogP contribution in [0.1, 0.15) is 20.3 Å². The molecule has 0 bridgehead atoms. The maximum Gasteiger partial charge on any atom is 0.249 e. The number of aromatic nitrogens is 3. The third-order valence-electron chi connectivity index (χ3n) is 2.69. The Morgan fingerprint density at radius 2 is 1.95 bits per heavy atom. The molecule has 2 aromatic rings. The van der Waals surface area contributed by atoms with Gasteiger partial charge in [0.15, 0.2) is 5.82 Å². The fraction of sp³-hybridized carbons (Fsp3) is 0.357. The van der Waals surface area contributed by atoms with Gasteiger partial charge in [-0.3, -0.25) is 0 Å². The Hall–Kier alpha value is -2.24. The smallest absolute Gasteiger partial charge is 0.249 e. The average Bonchev–Trinajstić information content (AvgIpc) is 2.41. The van der Waals surface area contributed by atoms with Crippen LogP contribution in [0.4, 0.5) is 21.8 Å². The number of nitrogens with zero attached hydrogens (tertiary/aromatic N) is 3. The van der Waals surface area contributed by atoms with Crippen molar-refractivity contribution in [1.82, 2.24) is 15.2 Å². The van der Waals surface area contributed by atoms with Crippen LogP contribution in [0.15, 0.2) is 30.5 Å². The van der Waals surface area contributed by atoms with Crippen LogP contribution < -0.4 is 10.6 Å². The highest BCUT2D eigenvalue weighted by Crippen LogP contribution is 2.14. The van der Waals surface area contributed by atoms with Crippen molar-refractivity contribution in [3.8, 4) is 0 Å². The second-order valence-corrected chi connectivity index (χ2v) is 4.91. The molecule has 6 heteroatoms. The van der Waals surface area contributed by atoms with E-state index in [4.69, 9.17) is 0 Å². The molecule has 0 atom stereocenters. The van der Waals surface area contributed by atoms with E-state index in [1.165, 1.54) is 12.1 Å². The number of rotatable bonds is 6. The Bertz CT molecular complexity index is 542. The summed E-state index contributed by atoms with van der Waals surface area (Å²) in [5, 5.41) is 14.0. The molecule has 1 aromatic carbocycles. The first-order valence-electron chi connectivity index (χ1n) is 6.59. The topological polar surface area (TPSA) is 62.7 Å². The van der Waals surface area contributed by atoms with E-state index in [1.807, 2.05) is 0 Å². The number of anilines is 3. The van der Waals surface area contributed by atoms with Crippen molar-refractivity contribution in [3.63, 3.8) is 0 Å². The van der Waals surface area contributed by atoms with Crippen molar-refractivity contribution in [2.75, 3.05) is 17.2 Å². The Balaban J connectivity index is 1.96. The third-order valence-corrected chi connectivity index (χ3v) is 2.69. The van der Waals surface area contributed by atoms with Gasteiger partial charge in [-0.1, -0.05) is 13.8 Å². The SMILES string of the molecule is CC(C)CCNc1cnnc(Nc2ccc(F)cc2)n1. The largest absolute Gasteiger partial charge is 0.369 e. The van der Waals surface area contributed by atoms with Gasteiger partial charge in [-0.2, -0.15) is 10.1 Å². The number of nitrogens with one attached hydrogen (secondary N) is 2. The fourth-order valence-corrected chi connectivity index (χ4v) is 1.59. The van der Waals surface area contributed by atoms with E-state index in [1.54, 1.807) is 18.3 Å². The van der Waals surface area contributed by atoms with E-state index in [0.717, 1.165) is 13.0 Å². The molecule has 1 heterocycles. The molecule has 0 radical (unpaired) electrons. The standard InChI is InChI=1S/C14H18FN5/c1-10(2)7-8-16-13-9-17-20-14(19-13)18-12-5-3-11(15)4-6-12/h3-6,9-10H,7-8H2,1-2H3,(H2,16,18,19,20). The molecule has 0 fully saturated rings. The molecule has 2 N–H and O–H groups in total. The zero-order chi connectivity index (χ0) is 14.4. The molecule has 0 saturated carbocycles. The van der Waals surface area contributed by atoms with Crippen LogP contribution in [0.3, 0.4) is 0 Å². The van der Waals surface area contributed by atoms with Crippen molar-refractivity contribution >= 4 is 17.5 Å². The van der Waals surface area contributed by atoms with E-state index in [0.29, 0.717) is 23.4 Å². The maximum absolute atomic E-state index is 12.8. The molecule has 0 unspecified atom stereocenters. The molecular formula is C14H18FN5.